The maximum atomic E-state index is 5.42. The lowest BCUT2D eigenvalue weighted by Crippen LogP contribution is -2.30. The van der Waals surface area contributed by atoms with E-state index < -0.39 is 0 Å². The Bertz CT molecular complexity index is 307. The van der Waals surface area contributed by atoms with Crippen LogP contribution in [0.3, 0.4) is 0 Å². The molecule has 1 unspecified atom stereocenters. The maximum absolute atomic E-state index is 5.42. The molecule has 86 valence electrons. The van der Waals surface area contributed by atoms with Crippen molar-refractivity contribution in [2.24, 2.45) is 7.05 Å². The third-order valence-electron chi connectivity index (χ3n) is 2.69. The van der Waals surface area contributed by atoms with Crippen LogP contribution in [0.1, 0.15) is 32.0 Å². The van der Waals surface area contributed by atoms with Crippen molar-refractivity contribution in [1.82, 2.24) is 15.1 Å². The SMILES string of the molecule is CNC(CC(C)(C)OC)c1ccn(C)n1. The summed E-state index contributed by atoms with van der Waals surface area (Å²) in [4.78, 5) is 0. The van der Waals surface area contributed by atoms with Gasteiger partial charge in [0.05, 0.1) is 17.3 Å². The molecule has 0 saturated carbocycles. The Balaban J connectivity index is 2.72. The monoisotopic (exact) mass is 211 g/mol. The predicted molar refractivity (Wildman–Crippen MR) is 60.7 cm³/mol. The highest BCUT2D eigenvalue weighted by molar-refractivity contribution is 5.06. The highest BCUT2D eigenvalue weighted by Crippen LogP contribution is 2.24. The Morgan fingerprint density at radius 1 is 1.60 bits per heavy atom. The molecule has 1 atom stereocenters. The van der Waals surface area contributed by atoms with Crippen LogP contribution in [0.15, 0.2) is 12.3 Å². The molecule has 0 amide bonds. The van der Waals surface area contributed by atoms with Crippen molar-refractivity contribution in [3.63, 3.8) is 0 Å². The molecule has 1 aromatic heterocycles. The highest BCUT2D eigenvalue weighted by atomic mass is 16.5. The van der Waals surface area contributed by atoms with E-state index in [9.17, 15) is 0 Å². The summed E-state index contributed by atoms with van der Waals surface area (Å²) in [6, 6.07) is 2.27. The minimum atomic E-state index is -0.134. The van der Waals surface area contributed by atoms with Crippen molar-refractivity contribution in [2.75, 3.05) is 14.2 Å². The minimum absolute atomic E-state index is 0.134. The zero-order chi connectivity index (χ0) is 11.5. The quantitative estimate of drug-likeness (QED) is 0.802. The first-order valence-corrected chi connectivity index (χ1v) is 5.20. The number of rotatable bonds is 5. The molecule has 0 aliphatic heterocycles. The van der Waals surface area contributed by atoms with E-state index in [-0.39, 0.29) is 11.6 Å². The summed E-state index contributed by atoms with van der Waals surface area (Å²) in [5, 5.41) is 7.67. The summed E-state index contributed by atoms with van der Waals surface area (Å²) >= 11 is 0. The lowest BCUT2D eigenvalue weighted by atomic mass is 9.97. The van der Waals surface area contributed by atoms with Crippen LogP contribution in [-0.4, -0.2) is 29.5 Å². The molecule has 1 heterocycles. The Labute approximate surface area is 91.6 Å². The number of aromatic nitrogens is 2. The zero-order valence-corrected chi connectivity index (χ0v) is 10.2. The summed E-state index contributed by atoms with van der Waals surface area (Å²) in [5.74, 6) is 0. The van der Waals surface area contributed by atoms with E-state index in [2.05, 4.69) is 24.3 Å². The average Bonchev–Trinajstić information content (AvgIpc) is 2.61. The van der Waals surface area contributed by atoms with Crippen LogP contribution in [0.4, 0.5) is 0 Å². The minimum Gasteiger partial charge on any atom is -0.379 e. The lowest BCUT2D eigenvalue weighted by Gasteiger charge is -2.27. The molecule has 4 heteroatoms. The normalized spacial score (nSPS) is 14.2. The number of nitrogens with zero attached hydrogens (tertiary/aromatic N) is 2. The van der Waals surface area contributed by atoms with Gasteiger partial charge in [0.15, 0.2) is 0 Å². The molecule has 0 spiro atoms. The van der Waals surface area contributed by atoms with Crippen LogP contribution in [-0.2, 0) is 11.8 Å². The maximum Gasteiger partial charge on any atom is 0.0794 e. The number of aryl methyl sites for hydroxylation is 1. The van der Waals surface area contributed by atoms with Gasteiger partial charge in [0, 0.05) is 20.4 Å². The molecule has 0 radical (unpaired) electrons. The van der Waals surface area contributed by atoms with Gasteiger partial charge in [-0.2, -0.15) is 5.10 Å². The van der Waals surface area contributed by atoms with E-state index >= 15 is 0 Å². The van der Waals surface area contributed by atoms with E-state index in [4.69, 9.17) is 4.74 Å². The third kappa shape index (κ3) is 3.32. The summed E-state index contributed by atoms with van der Waals surface area (Å²) in [6.45, 7) is 4.17. The standard InChI is InChI=1S/C11H21N3O/c1-11(2,15-5)8-10(12-3)9-6-7-14(4)13-9/h6-7,10,12H,8H2,1-5H3. The highest BCUT2D eigenvalue weighted by Gasteiger charge is 2.24. The van der Waals surface area contributed by atoms with Crippen LogP contribution in [0, 0.1) is 0 Å². The summed E-state index contributed by atoms with van der Waals surface area (Å²) in [6.07, 6.45) is 2.86. The molecule has 1 N–H and O–H groups in total. The van der Waals surface area contributed by atoms with E-state index in [0.717, 1.165) is 12.1 Å². The lowest BCUT2D eigenvalue weighted by molar-refractivity contribution is 0.00706. The molecule has 0 aliphatic carbocycles. The first kappa shape index (κ1) is 12.2. The summed E-state index contributed by atoms with van der Waals surface area (Å²) in [7, 11) is 5.62. The fraction of sp³-hybridized carbons (Fsp3) is 0.727. The molecule has 0 saturated heterocycles. The largest absolute Gasteiger partial charge is 0.379 e. The van der Waals surface area contributed by atoms with Crippen molar-refractivity contribution in [3.05, 3.63) is 18.0 Å². The molecule has 1 rings (SSSR count). The van der Waals surface area contributed by atoms with Gasteiger partial charge < -0.3 is 10.1 Å². The smallest absolute Gasteiger partial charge is 0.0794 e. The van der Waals surface area contributed by atoms with Gasteiger partial charge in [-0.25, -0.2) is 0 Å². The van der Waals surface area contributed by atoms with Gasteiger partial charge in [0.2, 0.25) is 0 Å². The number of ether oxygens (including phenoxy) is 1. The van der Waals surface area contributed by atoms with Crippen LogP contribution >= 0.6 is 0 Å². The molecular formula is C11H21N3O. The molecule has 0 aromatic carbocycles. The molecule has 0 aliphatic rings. The van der Waals surface area contributed by atoms with Gasteiger partial charge in [0.1, 0.15) is 0 Å². The van der Waals surface area contributed by atoms with Gasteiger partial charge in [-0.3, -0.25) is 4.68 Å². The van der Waals surface area contributed by atoms with Gasteiger partial charge in [-0.05, 0) is 33.4 Å². The molecule has 15 heavy (non-hydrogen) atoms. The first-order valence-electron chi connectivity index (χ1n) is 5.20. The van der Waals surface area contributed by atoms with Crippen molar-refractivity contribution in [3.8, 4) is 0 Å². The van der Waals surface area contributed by atoms with Crippen molar-refractivity contribution in [2.45, 2.75) is 31.9 Å². The summed E-state index contributed by atoms with van der Waals surface area (Å²) in [5.41, 5.74) is 0.927. The van der Waals surface area contributed by atoms with Gasteiger partial charge in [-0.15, -0.1) is 0 Å². The zero-order valence-electron chi connectivity index (χ0n) is 10.2. The number of hydrogen-bond donors (Lipinski definition) is 1. The second-order valence-electron chi connectivity index (χ2n) is 4.42. The fourth-order valence-corrected chi connectivity index (χ4v) is 1.55. The second-order valence-corrected chi connectivity index (χ2v) is 4.42. The van der Waals surface area contributed by atoms with Crippen LogP contribution < -0.4 is 5.32 Å². The van der Waals surface area contributed by atoms with Crippen molar-refractivity contribution >= 4 is 0 Å². The summed E-state index contributed by atoms with van der Waals surface area (Å²) < 4.78 is 7.24. The third-order valence-corrected chi connectivity index (χ3v) is 2.69. The van der Waals surface area contributed by atoms with Crippen molar-refractivity contribution < 1.29 is 4.74 Å². The van der Waals surface area contributed by atoms with Crippen LogP contribution in [0.5, 0.6) is 0 Å². The fourth-order valence-electron chi connectivity index (χ4n) is 1.55. The van der Waals surface area contributed by atoms with Crippen LogP contribution in [0.25, 0.3) is 0 Å². The Morgan fingerprint density at radius 3 is 2.67 bits per heavy atom. The van der Waals surface area contributed by atoms with Crippen molar-refractivity contribution in [1.29, 1.82) is 0 Å². The second kappa shape index (κ2) is 4.77. The van der Waals surface area contributed by atoms with E-state index in [1.54, 1.807) is 7.11 Å². The number of nitrogens with one attached hydrogen (secondary N) is 1. The number of hydrogen-bond acceptors (Lipinski definition) is 3. The van der Waals surface area contributed by atoms with E-state index in [1.807, 2.05) is 31.0 Å². The molecule has 0 fully saturated rings. The Kier molecular flexibility index (Phi) is 3.88. The molecular weight excluding hydrogens is 190 g/mol. The Morgan fingerprint density at radius 2 is 2.27 bits per heavy atom. The molecule has 0 bridgehead atoms. The topological polar surface area (TPSA) is 39.1 Å². The van der Waals surface area contributed by atoms with Gasteiger partial charge >= 0.3 is 0 Å². The van der Waals surface area contributed by atoms with E-state index in [1.165, 1.54) is 0 Å². The molecule has 4 nitrogen and oxygen atoms in total. The average molecular weight is 211 g/mol. The van der Waals surface area contributed by atoms with Gasteiger partial charge in [0.25, 0.3) is 0 Å². The predicted octanol–water partition coefficient (Wildman–Crippen LogP) is 1.50. The van der Waals surface area contributed by atoms with Crippen LogP contribution in [0.2, 0.25) is 0 Å². The molecule has 1 aromatic rings. The number of methoxy groups -OCH3 is 1. The van der Waals surface area contributed by atoms with E-state index in [0.29, 0.717) is 0 Å². The Hall–Kier alpha value is -0.870. The first-order chi connectivity index (χ1) is 6.98. The van der Waals surface area contributed by atoms with Gasteiger partial charge in [-0.1, -0.05) is 0 Å².